The summed E-state index contributed by atoms with van der Waals surface area (Å²) in [5.74, 6) is 1.20. The molecule has 8 nitrogen and oxygen atoms in total. The normalized spacial score (nSPS) is 22.7. The molecule has 0 bridgehead atoms. The van der Waals surface area contributed by atoms with E-state index in [1.54, 1.807) is 29.9 Å². The Bertz CT molecular complexity index is 1070. The van der Waals surface area contributed by atoms with Crippen molar-refractivity contribution in [1.29, 1.82) is 0 Å². The maximum absolute atomic E-state index is 14.2. The summed E-state index contributed by atoms with van der Waals surface area (Å²) in [6.07, 6.45) is 6.41. The molecule has 150 valence electrons. The standard InChI is InChI=1S/C20H22FN7O/c1-3-22-18-13-9-27(10-14(13)18)17-6-23-16(5-24-17)20(29)26-12-4-15(21)19-25-11(2)7-28(19)8-12/h4-8,13-14,18,22H,3,9-10H2,1-2H3,(H,26,29)/t13-,14+,18?. The maximum atomic E-state index is 14.2. The largest absolute Gasteiger partial charge is 0.355 e. The topological polar surface area (TPSA) is 87.5 Å². The van der Waals surface area contributed by atoms with E-state index in [0.717, 1.165) is 25.5 Å². The highest BCUT2D eigenvalue weighted by atomic mass is 19.1. The number of anilines is 2. The van der Waals surface area contributed by atoms with Crippen molar-refractivity contribution in [2.45, 2.75) is 19.9 Å². The summed E-state index contributed by atoms with van der Waals surface area (Å²) < 4.78 is 15.7. The fourth-order valence-electron chi connectivity index (χ4n) is 4.30. The molecule has 0 radical (unpaired) electrons. The van der Waals surface area contributed by atoms with Crippen LogP contribution in [0.5, 0.6) is 0 Å². The molecule has 1 aliphatic carbocycles. The van der Waals surface area contributed by atoms with Crippen LogP contribution in [-0.4, -0.2) is 50.9 Å². The predicted molar refractivity (Wildman–Crippen MR) is 107 cm³/mol. The Balaban J connectivity index is 1.25. The number of pyridine rings is 1. The van der Waals surface area contributed by atoms with E-state index in [1.807, 2.05) is 0 Å². The minimum Gasteiger partial charge on any atom is -0.355 e. The van der Waals surface area contributed by atoms with E-state index < -0.39 is 11.7 Å². The van der Waals surface area contributed by atoms with E-state index in [4.69, 9.17) is 0 Å². The highest BCUT2D eigenvalue weighted by Gasteiger charge is 2.55. The van der Waals surface area contributed by atoms with Gasteiger partial charge in [0.05, 0.1) is 23.8 Å². The lowest BCUT2D eigenvalue weighted by Crippen LogP contribution is -2.31. The van der Waals surface area contributed by atoms with E-state index in [0.29, 0.717) is 29.3 Å². The average molecular weight is 395 g/mol. The summed E-state index contributed by atoms with van der Waals surface area (Å²) in [6.45, 7) is 6.84. The van der Waals surface area contributed by atoms with Gasteiger partial charge in [0, 0.05) is 37.6 Å². The second-order valence-electron chi connectivity index (χ2n) is 7.72. The Hall–Kier alpha value is -3.07. The molecule has 3 aromatic rings. The first-order chi connectivity index (χ1) is 14.0. The molecule has 4 heterocycles. The number of carbonyl (C=O) groups is 1. The minimum absolute atomic E-state index is 0.186. The molecular formula is C20H22FN7O. The summed E-state index contributed by atoms with van der Waals surface area (Å²) >= 11 is 0. The van der Waals surface area contributed by atoms with Crippen LogP contribution in [0.15, 0.2) is 30.9 Å². The number of amides is 1. The van der Waals surface area contributed by atoms with E-state index in [2.05, 4.69) is 37.4 Å². The second-order valence-corrected chi connectivity index (χ2v) is 7.72. The molecule has 1 amide bonds. The maximum Gasteiger partial charge on any atom is 0.275 e. The monoisotopic (exact) mass is 395 g/mol. The Morgan fingerprint density at radius 1 is 1.24 bits per heavy atom. The predicted octanol–water partition coefficient (Wildman–Crippen LogP) is 1.87. The fourth-order valence-corrected chi connectivity index (χ4v) is 4.30. The van der Waals surface area contributed by atoms with E-state index >= 15 is 0 Å². The molecule has 1 saturated carbocycles. The third kappa shape index (κ3) is 3.21. The molecule has 0 spiro atoms. The zero-order valence-corrected chi connectivity index (χ0v) is 16.3. The zero-order valence-electron chi connectivity index (χ0n) is 16.3. The van der Waals surface area contributed by atoms with Crippen LogP contribution in [0.4, 0.5) is 15.9 Å². The van der Waals surface area contributed by atoms with Gasteiger partial charge in [0.25, 0.3) is 5.91 Å². The Morgan fingerprint density at radius 3 is 2.72 bits per heavy atom. The number of rotatable bonds is 5. The van der Waals surface area contributed by atoms with Crippen LogP contribution in [0.3, 0.4) is 0 Å². The molecule has 1 aliphatic heterocycles. The summed E-state index contributed by atoms with van der Waals surface area (Å²) in [5, 5.41) is 6.18. The van der Waals surface area contributed by atoms with Crippen LogP contribution in [0.25, 0.3) is 5.65 Å². The molecule has 5 rings (SSSR count). The molecule has 3 aromatic heterocycles. The first-order valence-corrected chi connectivity index (χ1v) is 9.80. The van der Waals surface area contributed by atoms with Gasteiger partial charge in [0.15, 0.2) is 11.5 Å². The van der Waals surface area contributed by atoms with Crippen LogP contribution in [0.2, 0.25) is 0 Å². The number of fused-ring (bicyclic) bond motifs is 2. The summed E-state index contributed by atoms with van der Waals surface area (Å²) in [5.41, 5.74) is 1.44. The molecular weight excluding hydrogens is 373 g/mol. The molecule has 2 fully saturated rings. The van der Waals surface area contributed by atoms with Gasteiger partial charge in [-0.2, -0.15) is 0 Å². The van der Waals surface area contributed by atoms with Crippen molar-refractivity contribution in [2.24, 2.45) is 11.8 Å². The molecule has 0 aromatic carbocycles. The van der Waals surface area contributed by atoms with Gasteiger partial charge in [-0.15, -0.1) is 0 Å². The number of hydrogen-bond donors (Lipinski definition) is 2. The molecule has 1 saturated heterocycles. The van der Waals surface area contributed by atoms with Crippen molar-refractivity contribution in [3.05, 3.63) is 48.1 Å². The molecule has 2 N–H and O–H groups in total. The fraction of sp³-hybridized carbons (Fsp3) is 0.400. The van der Waals surface area contributed by atoms with Crippen molar-refractivity contribution in [3.8, 4) is 0 Å². The molecule has 9 heteroatoms. The first kappa shape index (κ1) is 18.0. The zero-order chi connectivity index (χ0) is 20.1. The summed E-state index contributed by atoms with van der Waals surface area (Å²) in [6, 6.07) is 1.88. The lowest BCUT2D eigenvalue weighted by Gasteiger charge is -2.20. The van der Waals surface area contributed by atoms with Gasteiger partial charge in [0.2, 0.25) is 0 Å². The van der Waals surface area contributed by atoms with Crippen LogP contribution in [-0.2, 0) is 0 Å². The second kappa shape index (κ2) is 6.77. The molecule has 29 heavy (non-hydrogen) atoms. The van der Waals surface area contributed by atoms with Gasteiger partial charge in [-0.3, -0.25) is 4.79 Å². The van der Waals surface area contributed by atoms with E-state index in [1.165, 1.54) is 12.3 Å². The van der Waals surface area contributed by atoms with Gasteiger partial charge < -0.3 is 19.9 Å². The number of nitrogens with one attached hydrogen (secondary N) is 2. The molecule has 3 atom stereocenters. The van der Waals surface area contributed by atoms with Crippen molar-refractivity contribution in [1.82, 2.24) is 24.7 Å². The molecule has 1 unspecified atom stereocenters. The number of piperidine rings is 1. The molecule has 2 aliphatic rings. The minimum atomic E-state index is -0.499. The van der Waals surface area contributed by atoms with Crippen LogP contribution in [0, 0.1) is 24.6 Å². The third-order valence-electron chi connectivity index (χ3n) is 5.71. The van der Waals surface area contributed by atoms with Crippen molar-refractivity contribution in [3.63, 3.8) is 0 Å². The van der Waals surface area contributed by atoms with Crippen molar-refractivity contribution in [2.75, 3.05) is 29.9 Å². The average Bonchev–Trinajstić information content (AvgIpc) is 3.04. The summed E-state index contributed by atoms with van der Waals surface area (Å²) in [4.78, 5) is 27.5. The van der Waals surface area contributed by atoms with Crippen LogP contribution in [0.1, 0.15) is 23.1 Å². The lowest BCUT2D eigenvalue weighted by atomic mass is 10.3. The van der Waals surface area contributed by atoms with Gasteiger partial charge in [-0.1, -0.05) is 6.92 Å². The van der Waals surface area contributed by atoms with Gasteiger partial charge >= 0.3 is 0 Å². The van der Waals surface area contributed by atoms with E-state index in [9.17, 15) is 9.18 Å². The third-order valence-corrected chi connectivity index (χ3v) is 5.71. The van der Waals surface area contributed by atoms with Crippen molar-refractivity contribution < 1.29 is 9.18 Å². The summed E-state index contributed by atoms with van der Waals surface area (Å²) in [7, 11) is 0. The highest BCUT2D eigenvalue weighted by molar-refractivity contribution is 6.02. The number of aromatic nitrogens is 4. The first-order valence-electron chi connectivity index (χ1n) is 9.80. The number of aryl methyl sites for hydroxylation is 1. The van der Waals surface area contributed by atoms with Gasteiger partial charge in [0.1, 0.15) is 11.5 Å². The number of carbonyl (C=O) groups excluding carboxylic acids is 1. The number of hydrogen-bond acceptors (Lipinski definition) is 6. The van der Waals surface area contributed by atoms with Crippen LogP contribution < -0.4 is 15.5 Å². The van der Waals surface area contributed by atoms with Gasteiger partial charge in [-0.05, 0) is 25.3 Å². The van der Waals surface area contributed by atoms with Crippen molar-refractivity contribution >= 4 is 23.1 Å². The SMILES string of the molecule is CCNC1[C@H]2CN(c3cnc(C(=O)Nc4cc(F)c5nc(C)cn5c4)cn3)C[C@@H]12. The number of imidazole rings is 1. The Kier molecular flexibility index (Phi) is 4.20. The Labute approximate surface area is 167 Å². The van der Waals surface area contributed by atoms with Crippen LogP contribution >= 0.6 is 0 Å². The highest BCUT2D eigenvalue weighted by Crippen LogP contribution is 2.46. The van der Waals surface area contributed by atoms with E-state index in [-0.39, 0.29) is 11.3 Å². The number of nitrogens with zero attached hydrogens (tertiary/aromatic N) is 5. The Morgan fingerprint density at radius 2 is 2.03 bits per heavy atom. The van der Waals surface area contributed by atoms with Gasteiger partial charge in [-0.25, -0.2) is 19.3 Å². The lowest BCUT2D eigenvalue weighted by molar-refractivity contribution is 0.102. The number of halogens is 1. The quantitative estimate of drug-likeness (QED) is 0.686. The smallest absolute Gasteiger partial charge is 0.275 e.